The van der Waals surface area contributed by atoms with Gasteiger partial charge in [-0.3, -0.25) is 9.78 Å². The van der Waals surface area contributed by atoms with Crippen LogP contribution in [0.5, 0.6) is 11.5 Å². The van der Waals surface area contributed by atoms with Crippen molar-refractivity contribution in [1.82, 2.24) is 15.0 Å². The van der Waals surface area contributed by atoms with Crippen molar-refractivity contribution < 1.29 is 23.0 Å². The van der Waals surface area contributed by atoms with E-state index in [0.717, 1.165) is 10.6 Å². The molecule has 0 bridgehead atoms. The molecule has 0 saturated heterocycles. The summed E-state index contributed by atoms with van der Waals surface area (Å²) in [6.45, 7) is 3.52. The van der Waals surface area contributed by atoms with E-state index in [0.29, 0.717) is 27.4 Å². The number of nitrogens with zero attached hydrogens (tertiary/aromatic N) is 3. The maximum atomic E-state index is 13.3. The Morgan fingerprint density at radius 1 is 1.03 bits per heavy atom. The number of nitrogens with one attached hydrogen (secondary N) is 1. The number of fused-ring (bicyclic) bond motifs is 1. The van der Waals surface area contributed by atoms with E-state index in [-0.39, 0.29) is 23.2 Å². The van der Waals surface area contributed by atoms with Crippen molar-refractivity contribution in [3.63, 3.8) is 0 Å². The van der Waals surface area contributed by atoms with Gasteiger partial charge >= 0.3 is 6.29 Å². The zero-order valence-electron chi connectivity index (χ0n) is 17.4. The zero-order valence-corrected chi connectivity index (χ0v) is 18.2. The SMILES string of the molecule is Cc1cc2c(cc1-c1cnc(NC(=O)c3sc(-c4ccccc4)nc3C)cn1)OC(F)(F)O2. The first-order chi connectivity index (χ1) is 15.8. The van der Waals surface area contributed by atoms with Crippen LogP contribution in [-0.4, -0.2) is 27.2 Å². The molecule has 1 amide bonds. The number of anilines is 1. The highest BCUT2D eigenvalue weighted by Gasteiger charge is 2.43. The summed E-state index contributed by atoms with van der Waals surface area (Å²) in [5.74, 6) is -0.193. The maximum Gasteiger partial charge on any atom is 0.586 e. The molecule has 0 atom stereocenters. The summed E-state index contributed by atoms with van der Waals surface area (Å²) in [5, 5.41) is 3.48. The summed E-state index contributed by atoms with van der Waals surface area (Å²) >= 11 is 1.29. The fourth-order valence-electron chi connectivity index (χ4n) is 3.39. The lowest BCUT2D eigenvalue weighted by Crippen LogP contribution is -2.25. The van der Waals surface area contributed by atoms with Crippen LogP contribution in [0.2, 0.25) is 0 Å². The average Bonchev–Trinajstić information content (AvgIpc) is 3.32. The van der Waals surface area contributed by atoms with Gasteiger partial charge in [0, 0.05) is 11.1 Å². The van der Waals surface area contributed by atoms with Crippen molar-refractivity contribution in [2.45, 2.75) is 20.1 Å². The first kappa shape index (κ1) is 21.0. The molecule has 3 heterocycles. The molecule has 166 valence electrons. The van der Waals surface area contributed by atoms with E-state index in [1.165, 1.54) is 35.9 Å². The molecule has 1 aliphatic heterocycles. The number of halogens is 2. The third-order valence-corrected chi connectivity index (χ3v) is 6.15. The summed E-state index contributed by atoms with van der Waals surface area (Å²) in [7, 11) is 0. The van der Waals surface area contributed by atoms with Crippen molar-refractivity contribution in [2.24, 2.45) is 0 Å². The lowest BCUT2D eigenvalue weighted by atomic mass is 10.1. The Morgan fingerprint density at radius 2 is 1.76 bits per heavy atom. The molecule has 0 radical (unpaired) electrons. The number of aromatic nitrogens is 3. The standard InChI is InChI=1S/C23H16F2N4O3S/c1-12-8-17-18(32-23(24,25)31-17)9-15(12)16-10-27-19(11-26-16)29-21(30)20-13(2)28-22(33-20)14-6-4-3-5-7-14/h3-11H,1-2H3,(H,27,29,30). The molecule has 1 N–H and O–H groups in total. The Morgan fingerprint density at radius 3 is 2.45 bits per heavy atom. The predicted molar refractivity (Wildman–Crippen MR) is 119 cm³/mol. The molecule has 0 fully saturated rings. The summed E-state index contributed by atoms with van der Waals surface area (Å²) in [6.07, 6.45) is -0.837. The molecular formula is C23H16F2N4O3S. The fourth-order valence-corrected chi connectivity index (χ4v) is 4.36. The summed E-state index contributed by atoms with van der Waals surface area (Å²) in [5.41, 5.74) is 3.22. The monoisotopic (exact) mass is 466 g/mol. The first-order valence-corrected chi connectivity index (χ1v) is 10.7. The quantitative estimate of drug-likeness (QED) is 0.430. The molecule has 1 aliphatic rings. The fraction of sp³-hybridized carbons (Fsp3) is 0.130. The number of aryl methyl sites for hydroxylation is 2. The van der Waals surface area contributed by atoms with Crippen molar-refractivity contribution >= 4 is 23.1 Å². The van der Waals surface area contributed by atoms with Crippen molar-refractivity contribution in [3.05, 3.63) is 71.0 Å². The van der Waals surface area contributed by atoms with Gasteiger partial charge in [0.15, 0.2) is 17.3 Å². The Labute approximate surface area is 191 Å². The summed E-state index contributed by atoms with van der Waals surface area (Å²) in [4.78, 5) is 26.3. The molecule has 10 heteroatoms. The number of ether oxygens (including phenoxy) is 2. The number of amides is 1. The second-order valence-electron chi connectivity index (χ2n) is 7.32. The van der Waals surface area contributed by atoms with E-state index >= 15 is 0 Å². The molecule has 0 unspecified atom stereocenters. The average molecular weight is 466 g/mol. The van der Waals surface area contributed by atoms with Crippen LogP contribution in [-0.2, 0) is 0 Å². The van der Waals surface area contributed by atoms with E-state index in [1.54, 1.807) is 13.8 Å². The number of hydrogen-bond donors (Lipinski definition) is 1. The highest BCUT2D eigenvalue weighted by atomic mass is 32.1. The van der Waals surface area contributed by atoms with Crippen LogP contribution in [0.4, 0.5) is 14.6 Å². The molecule has 4 aromatic rings. The minimum atomic E-state index is -3.69. The van der Waals surface area contributed by atoms with Crippen molar-refractivity contribution in [2.75, 3.05) is 5.32 Å². The third kappa shape index (κ3) is 4.12. The first-order valence-electron chi connectivity index (χ1n) is 9.86. The minimum absolute atomic E-state index is 0.0344. The lowest BCUT2D eigenvalue weighted by molar-refractivity contribution is -0.286. The second-order valence-corrected chi connectivity index (χ2v) is 8.32. The molecule has 33 heavy (non-hydrogen) atoms. The van der Waals surface area contributed by atoms with Crippen molar-refractivity contribution in [1.29, 1.82) is 0 Å². The van der Waals surface area contributed by atoms with Crippen LogP contribution in [0.1, 0.15) is 20.9 Å². The molecule has 0 spiro atoms. The lowest BCUT2D eigenvalue weighted by Gasteiger charge is -2.08. The van der Waals surface area contributed by atoms with Gasteiger partial charge in [0.05, 0.1) is 23.8 Å². The minimum Gasteiger partial charge on any atom is -0.395 e. The number of carbonyl (C=O) groups excluding carboxylic acids is 1. The molecule has 7 nitrogen and oxygen atoms in total. The zero-order chi connectivity index (χ0) is 23.2. The van der Waals surface area contributed by atoms with Gasteiger partial charge in [0.2, 0.25) is 0 Å². The van der Waals surface area contributed by atoms with E-state index < -0.39 is 6.29 Å². The van der Waals surface area contributed by atoms with Gasteiger partial charge in [-0.25, -0.2) is 9.97 Å². The van der Waals surface area contributed by atoms with E-state index in [9.17, 15) is 13.6 Å². The highest BCUT2D eigenvalue weighted by molar-refractivity contribution is 7.17. The van der Waals surface area contributed by atoms with Crippen LogP contribution in [0.3, 0.4) is 0 Å². The normalized spacial score (nSPS) is 13.7. The molecule has 0 aliphatic carbocycles. The van der Waals surface area contributed by atoms with Gasteiger partial charge in [-0.2, -0.15) is 0 Å². The maximum absolute atomic E-state index is 13.3. The number of thiazole rings is 1. The number of alkyl halides is 2. The van der Waals surface area contributed by atoms with Gasteiger partial charge in [-0.1, -0.05) is 30.3 Å². The van der Waals surface area contributed by atoms with Gasteiger partial charge in [-0.15, -0.1) is 20.1 Å². The van der Waals surface area contributed by atoms with Crippen LogP contribution in [0.15, 0.2) is 54.9 Å². The number of benzene rings is 2. The topological polar surface area (TPSA) is 86.2 Å². The Bertz CT molecular complexity index is 1360. The van der Waals surface area contributed by atoms with Crippen LogP contribution >= 0.6 is 11.3 Å². The Kier molecular flexibility index (Phi) is 5.01. The van der Waals surface area contributed by atoms with E-state index in [1.807, 2.05) is 30.3 Å². The van der Waals surface area contributed by atoms with E-state index in [4.69, 9.17) is 0 Å². The molecule has 5 rings (SSSR count). The molecule has 2 aromatic heterocycles. The predicted octanol–water partition coefficient (Wildman–Crippen LogP) is 5.46. The van der Waals surface area contributed by atoms with Crippen LogP contribution in [0.25, 0.3) is 21.8 Å². The second kappa shape index (κ2) is 7.89. The largest absolute Gasteiger partial charge is 0.586 e. The Balaban J connectivity index is 1.34. The summed E-state index contributed by atoms with van der Waals surface area (Å²) < 4.78 is 35.6. The van der Waals surface area contributed by atoms with Crippen LogP contribution in [0, 0.1) is 13.8 Å². The number of hydrogen-bond acceptors (Lipinski definition) is 7. The number of carbonyl (C=O) groups is 1. The smallest absolute Gasteiger partial charge is 0.395 e. The highest BCUT2D eigenvalue weighted by Crippen LogP contribution is 2.44. The molecular weight excluding hydrogens is 450 g/mol. The summed E-state index contributed by atoms with van der Waals surface area (Å²) in [6, 6.07) is 12.5. The van der Waals surface area contributed by atoms with Gasteiger partial charge in [-0.05, 0) is 31.5 Å². The van der Waals surface area contributed by atoms with E-state index in [2.05, 4.69) is 29.7 Å². The van der Waals surface area contributed by atoms with Gasteiger partial charge in [0.25, 0.3) is 5.91 Å². The number of rotatable bonds is 4. The van der Waals surface area contributed by atoms with Crippen LogP contribution < -0.4 is 14.8 Å². The third-order valence-electron chi connectivity index (χ3n) is 4.94. The van der Waals surface area contributed by atoms with Gasteiger partial charge in [0.1, 0.15) is 9.88 Å². The Hall–Kier alpha value is -3.92. The van der Waals surface area contributed by atoms with Crippen molar-refractivity contribution in [3.8, 4) is 33.3 Å². The molecule has 0 saturated carbocycles. The molecule has 2 aromatic carbocycles. The van der Waals surface area contributed by atoms with Gasteiger partial charge < -0.3 is 14.8 Å².